The number of hydrogen-bond donors (Lipinski definition) is 1. The summed E-state index contributed by atoms with van der Waals surface area (Å²) in [6, 6.07) is 13.3. The topological polar surface area (TPSA) is 59.0 Å². The largest absolute Gasteiger partial charge is 0.487 e. The second-order valence-corrected chi connectivity index (χ2v) is 4.20. The van der Waals surface area contributed by atoms with E-state index in [1.165, 1.54) is 12.1 Å². The van der Waals surface area contributed by atoms with Crippen molar-refractivity contribution in [2.75, 3.05) is 6.54 Å². The first-order valence-corrected chi connectivity index (χ1v) is 6.34. The van der Waals surface area contributed by atoms with Crippen LogP contribution in [0.3, 0.4) is 0 Å². The van der Waals surface area contributed by atoms with Crippen LogP contribution in [-0.4, -0.2) is 6.54 Å². The van der Waals surface area contributed by atoms with Crippen molar-refractivity contribution in [2.45, 2.75) is 6.61 Å². The molecule has 0 radical (unpaired) electrons. The van der Waals surface area contributed by atoms with E-state index in [9.17, 15) is 4.39 Å². The lowest BCUT2D eigenvalue weighted by atomic mass is 10.1. The minimum atomic E-state index is -0.406. The molecule has 0 fully saturated rings. The highest BCUT2D eigenvalue weighted by molar-refractivity contribution is 5.46. The molecule has 21 heavy (non-hydrogen) atoms. The Balaban J connectivity index is 2.23. The van der Waals surface area contributed by atoms with E-state index in [-0.39, 0.29) is 13.2 Å². The Morgan fingerprint density at radius 3 is 2.71 bits per heavy atom. The quantitative estimate of drug-likeness (QED) is 0.879. The van der Waals surface area contributed by atoms with Gasteiger partial charge in [0.2, 0.25) is 0 Å². The summed E-state index contributed by atoms with van der Waals surface area (Å²) < 4.78 is 18.9. The van der Waals surface area contributed by atoms with E-state index in [0.29, 0.717) is 16.9 Å². The van der Waals surface area contributed by atoms with Gasteiger partial charge in [0.1, 0.15) is 18.2 Å². The average molecular weight is 280 g/mol. The summed E-state index contributed by atoms with van der Waals surface area (Å²) >= 11 is 0. The molecule has 0 unspecified atom stereocenters. The van der Waals surface area contributed by atoms with Crippen LogP contribution in [0, 0.1) is 29.0 Å². The van der Waals surface area contributed by atoms with Gasteiger partial charge in [-0.3, -0.25) is 0 Å². The molecule has 2 N–H and O–H groups in total. The summed E-state index contributed by atoms with van der Waals surface area (Å²) in [6.45, 7) is 0.387. The van der Waals surface area contributed by atoms with Crippen LogP contribution in [0.25, 0.3) is 0 Å². The molecule has 0 aliphatic heterocycles. The maximum Gasteiger partial charge on any atom is 0.138 e. The van der Waals surface area contributed by atoms with E-state index in [2.05, 4.69) is 17.9 Å². The molecule has 0 amide bonds. The maximum absolute atomic E-state index is 13.3. The van der Waals surface area contributed by atoms with Crippen LogP contribution in [-0.2, 0) is 6.61 Å². The zero-order valence-electron chi connectivity index (χ0n) is 11.3. The summed E-state index contributed by atoms with van der Waals surface area (Å²) in [5, 5.41) is 9.03. The zero-order valence-corrected chi connectivity index (χ0v) is 11.3. The molecule has 0 atom stereocenters. The number of halogens is 1. The van der Waals surface area contributed by atoms with Gasteiger partial charge < -0.3 is 10.5 Å². The summed E-state index contributed by atoms with van der Waals surface area (Å²) in [5.74, 6) is 5.47. The van der Waals surface area contributed by atoms with Crippen molar-refractivity contribution >= 4 is 0 Å². The Hall–Kier alpha value is -2.82. The predicted octanol–water partition coefficient (Wildman–Crippen LogP) is 2.59. The fourth-order valence-electron chi connectivity index (χ4n) is 1.78. The van der Waals surface area contributed by atoms with Crippen LogP contribution in [0.2, 0.25) is 0 Å². The monoisotopic (exact) mass is 280 g/mol. The molecule has 2 aromatic carbocycles. The van der Waals surface area contributed by atoms with Crippen LogP contribution in [0.4, 0.5) is 4.39 Å². The number of hydrogen-bond acceptors (Lipinski definition) is 3. The van der Waals surface area contributed by atoms with Gasteiger partial charge in [-0.05, 0) is 18.2 Å². The highest BCUT2D eigenvalue weighted by atomic mass is 19.1. The molecule has 2 aromatic rings. The fourth-order valence-corrected chi connectivity index (χ4v) is 1.78. The van der Waals surface area contributed by atoms with Crippen LogP contribution < -0.4 is 10.5 Å². The number of benzene rings is 2. The molecule has 104 valence electrons. The predicted molar refractivity (Wildman–Crippen MR) is 77.8 cm³/mol. The first-order chi connectivity index (χ1) is 10.2. The molecular formula is C17H13FN2O. The number of nitrogens with zero attached hydrogens (tertiary/aromatic N) is 1. The summed E-state index contributed by atoms with van der Waals surface area (Å²) in [6.07, 6.45) is 0. The molecule has 0 spiro atoms. The molecule has 0 bridgehead atoms. The Morgan fingerprint density at radius 1 is 1.14 bits per heavy atom. The molecule has 3 nitrogen and oxygen atoms in total. The highest BCUT2D eigenvalue weighted by Crippen LogP contribution is 2.21. The van der Waals surface area contributed by atoms with Crippen molar-refractivity contribution in [1.82, 2.24) is 0 Å². The average Bonchev–Trinajstić information content (AvgIpc) is 2.52. The van der Waals surface area contributed by atoms with E-state index in [4.69, 9.17) is 15.7 Å². The summed E-state index contributed by atoms with van der Waals surface area (Å²) in [4.78, 5) is 0. The lowest BCUT2D eigenvalue weighted by molar-refractivity contribution is 0.303. The van der Waals surface area contributed by atoms with Gasteiger partial charge in [0.15, 0.2) is 0 Å². The number of nitrogens with two attached hydrogens (primary N) is 1. The molecule has 0 heterocycles. The molecule has 0 aromatic heterocycles. The van der Waals surface area contributed by atoms with Crippen molar-refractivity contribution in [2.24, 2.45) is 5.73 Å². The van der Waals surface area contributed by atoms with Gasteiger partial charge in [-0.15, -0.1) is 0 Å². The van der Waals surface area contributed by atoms with E-state index in [1.807, 2.05) is 6.07 Å². The van der Waals surface area contributed by atoms with Crippen LogP contribution in [0.5, 0.6) is 5.75 Å². The molecule has 0 aliphatic carbocycles. The first kappa shape index (κ1) is 14.6. The smallest absolute Gasteiger partial charge is 0.138 e. The zero-order chi connectivity index (χ0) is 15.1. The van der Waals surface area contributed by atoms with Gasteiger partial charge in [-0.1, -0.05) is 30.0 Å². The first-order valence-electron chi connectivity index (χ1n) is 6.34. The SMILES string of the molecule is N#Cc1ccccc1COc1cc(F)ccc1C#CCN. The molecular weight excluding hydrogens is 267 g/mol. The van der Waals surface area contributed by atoms with E-state index in [1.54, 1.807) is 24.3 Å². The standard InChI is InChI=1S/C17H13FN2O/c18-16-8-7-13(6-3-9-19)17(10-16)21-12-15-5-2-1-4-14(15)11-20/h1-2,4-5,7-8,10H,9,12,19H2. The normalized spacial score (nSPS) is 9.38. The van der Waals surface area contributed by atoms with E-state index in [0.717, 1.165) is 5.56 Å². The third-order valence-electron chi connectivity index (χ3n) is 2.79. The second kappa shape index (κ2) is 7.09. The van der Waals surface area contributed by atoms with Gasteiger partial charge in [-0.2, -0.15) is 5.26 Å². The van der Waals surface area contributed by atoms with Gasteiger partial charge >= 0.3 is 0 Å². The maximum atomic E-state index is 13.3. The lowest BCUT2D eigenvalue weighted by Gasteiger charge is -2.09. The molecule has 0 saturated heterocycles. The Labute approximate surface area is 122 Å². The van der Waals surface area contributed by atoms with Crippen molar-refractivity contribution in [1.29, 1.82) is 5.26 Å². The summed E-state index contributed by atoms with van der Waals surface area (Å²) in [7, 11) is 0. The van der Waals surface area contributed by atoms with Gasteiger partial charge in [0.05, 0.1) is 23.7 Å². The Kier molecular flexibility index (Phi) is 4.93. The number of rotatable bonds is 3. The van der Waals surface area contributed by atoms with Crippen molar-refractivity contribution in [3.63, 3.8) is 0 Å². The Morgan fingerprint density at radius 2 is 1.95 bits per heavy atom. The lowest BCUT2D eigenvalue weighted by Crippen LogP contribution is -2.00. The second-order valence-electron chi connectivity index (χ2n) is 4.20. The van der Waals surface area contributed by atoms with Gasteiger partial charge in [0.25, 0.3) is 0 Å². The van der Waals surface area contributed by atoms with E-state index >= 15 is 0 Å². The van der Waals surface area contributed by atoms with Crippen molar-refractivity contribution in [3.8, 4) is 23.7 Å². The molecule has 0 aliphatic rings. The third-order valence-corrected chi connectivity index (χ3v) is 2.79. The molecule has 2 rings (SSSR count). The minimum absolute atomic E-state index is 0.171. The van der Waals surface area contributed by atoms with Crippen molar-refractivity contribution < 1.29 is 9.13 Å². The molecule has 4 heteroatoms. The Bertz CT molecular complexity index is 738. The third kappa shape index (κ3) is 3.82. The molecule has 0 saturated carbocycles. The number of ether oxygens (including phenoxy) is 1. The minimum Gasteiger partial charge on any atom is -0.487 e. The van der Waals surface area contributed by atoms with E-state index < -0.39 is 5.82 Å². The van der Waals surface area contributed by atoms with Gasteiger partial charge in [-0.25, -0.2) is 4.39 Å². The van der Waals surface area contributed by atoms with Gasteiger partial charge in [0, 0.05) is 11.6 Å². The number of nitriles is 1. The van der Waals surface area contributed by atoms with Crippen LogP contribution in [0.15, 0.2) is 42.5 Å². The van der Waals surface area contributed by atoms with Crippen LogP contribution in [0.1, 0.15) is 16.7 Å². The van der Waals surface area contributed by atoms with Crippen molar-refractivity contribution in [3.05, 3.63) is 65.0 Å². The van der Waals surface area contributed by atoms with Crippen LogP contribution >= 0.6 is 0 Å². The summed E-state index contributed by atoms with van der Waals surface area (Å²) in [5.41, 5.74) is 7.17. The fraction of sp³-hybridized carbons (Fsp3) is 0.118. The highest BCUT2D eigenvalue weighted by Gasteiger charge is 2.06.